The zero-order valence-corrected chi connectivity index (χ0v) is 47.5. The van der Waals surface area contributed by atoms with Gasteiger partial charge in [-0.05, 0) is 170 Å². The van der Waals surface area contributed by atoms with E-state index in [9.17, 15) is 43.2 Å². The number of carboxylic acid groups (broad SMARTS) is 1. The van der Waals surface area contributed by atoms with Crippen molar-refractivity contribution in [2.45, 2.75) is 101 Å². The highest BCUT2D eigenvalue weighted by Crippen LogP contribution is 2.28. The Morgan fingerprint density at radius 1 is 0.429 bits per heavy atom. The van der Waals surface area contributed by atoms with E-state index in [2.05, 4.69) is 37.2 Å². The van der Waals surface area contributed by atoms with Crippen LogP contribution < -0.4 is 90.6 Å². The molecule has 0 fully saturated rings. The van der Waals surface area contributed by atoms with Crippen molar-refractivity contribution in [1.82, 2.24) is 16.0 Å². The van der Waals surface area contributed by atoms with Gasteiger partial charge in [0.1, 0.15) is 41.1 Å². The minimum absolute atomic E-state index is 0.0224. The molecule has 456 valence electrons. The third kappa shape index (κ3) is 21.1. The minimum Gasteiger partial charge on any atom is -0.496 e. The highest BCUT2D eigenvalue weighted by Gasteiger charge is 2.29. The van der Waals surface area contributed by atoms with Gasteiger partial charge in [0.2, 0.25) is 23.6 Å². The van der Waals surface area contributed by atoms with Gasteiger partial charge in [0.15, 0.2) is 6.61 Å². The van der Waals surface area contributed by atoms with E-state index in [0.29, 0.717) is 84.0 Å². The number of anilines is 4. The van der Waals surface area contributed by atoms with E-state index in [0.717, 1.165) is 0 Å². The molecule has 0 aliphatic rings. The minimum atomic E-state index is -1.29. The predicted octanol–water partition coefficient (Wildman–Crippen LogP) is 2.27. The van der Waals surface area contributed by atoms with Crippen LogP contribution in [0.15, 0.2) is 72.8 Å². The van der Waals surface area contributed by atoms with Gasteiger partial charge >= 0.3 is 5.97 Å². The maximum Gasteiger partial charge on any atom is 0.341 e. The lowest BCUT2D eigenvalue weighted by atomic mass is 10.1. The largest absolute Gasteiger partial charge is 0.496 e. The van der Waals surface area contributed by atoms with E-state index in [1.165, 1.54) is 88.1 Å². The van der Waals surface area contributed by atoms with Gasteiger partial charge in [-0.15, -0.1) is 0 Å². The summed E-state index contributed by atoms with van der Waals surface area (Å²) < 4.78 is 21.6. The molecule has 84 heavy (non-hydrogen) atoms. The first-order valence-electron chi connectivity index (χ1n) is 27.4. The predicted molar refractivity (Wildman–Crippen MR) is 315 cm³/mol. The molecule has 0 aromatic heterocycles. The monoisotopic (exact) mass is 1170 g/mol. The molecule has 4 atom stereocenters. The van der Waals surface area contributed by atoms with Crippen LogP contribution in [0, 0.1) is 0 Å². The maximum absolute atomic E-state index is 14.2. The van der Waals surface area contributed by atoms with E-state index < -0.39 is 84.0 Å². The van der Waals surface area contributed by atoms with Crippen molar-refractivity contribution in [3.63, 3.8) is 0 Å². The fourth-order valence-electron chi connectivity index (χ4n) is 8.51. The first kappa shape index (κ1) is 67.6. The number of aliphatic carboxylic acids is 1. The number of unbranched alkanes of at least 4 members (excludes halogenated alkanes) is 4. The lowest BCUT2D eigenvalue weighted by Crippen LogP contribution is -2.44. The SMILES string of the molecule is COc1ccc(NC(=O)C(N)CCCCN)cc1C(=O)NC(CCCCN)C(=O)Nc1ccc(OC)c(C(=O)NC(CCCCN)C(=O)Nc2ccc(OC)c(C(=O)NC(CCCCN)C(=O)Nc3ccc(OCC(=O)O)c(C(N)=O)c3)c2)c1. The molecule has 0 radical (unpaired) electrons. The van der Waals surface area contributed by atoms with Gasteiger partial charge in [-0.1, -0.05) is 6.42 Å². The summed E-state index contributed by atoms with van der Waals surface area (Å²) in [6.45, 7) is 0.634. The van der Waals surface area contributed by atoms with Crippen molar-refractivity contribution >= 4 is 76.0 Å². The lowest BCUT2D eigenvalue weighted by molar-refractivity contribution is -0.139. The molecule has 27 heteroatoms. The number of carbonyl (C=O) groups excluding carboxylic acids is 8. The molecule has 0 aliphatic carbocycles. The van der Waals surface area contributed by atoms with Crippen LogP contribution in [0.4, 0.5) is 22.7 Å². The average Bonchev–Trinajstić information content (AvgIpc) is 3.65. The van der Waals surface area contributed by atoms with Crippen LogP contribution in [0.25, 0.3) is 0 Å². The van der Waals surface area contributed by atoms with E-state index >= 15 is 0 Å². The number of nitrogens with one attached hydrogen (secondary N) is 7. The van der Waals surface area contributed by atoms with Crippen LogP contribution in [0.1, 0.15) is 118 Å². The molecule has 4 aromatic carbocycles. The highest BCUT2D eigenvalue weighted by molar-refractivity contribution is 6.07. The van der Waals surface area contributed by atoms with Crippen molar-refractivity contribution in [1.29, 1.82) is 0 Å². The Balaban J connectivity index is 1.55. The second kappa shape index (κ2) is 35.2. The molecule has 0 bridgehead atoms. The smallest absolute Gasteiger partial charge is 0.341 e. The number of hydrogen-bond acceptors (Lipinski definition) is 18. The molecule has 0 saturated heterocycles. The zero-order chi connectivity index (χ0) is 61.7. The molecular formula is C57H79N13O14. The van der Waals surface area contributed by atoms with Gasteiger partial charge in [0, 0.05) is 22.7 Å². The number of benzene rings is 4. The number of primary amides is 1. The first-order valence-corrected chi connectivity index (χ1v) is 27.4. The van der Waals surface area contributed by atoms with E-state index in [-0.39, 0.29) is 87.3 Å². The highest BCUT2D eigenvalue weighted by atomic mass is 16.5. The van der Waals surface area contributed by atoms with Crippen molar-refractivity contribution in [2.75, 3.05) is 75.4 Å². The van der Waals surface area contributed by atoms with Gasteiger partial charge in [-0.2, -0.15) is 0 Å². The number of hydrogen-bond donors (Lipinski definition) is 14. The van der Waals surface area contributed by atoms with Crippen LogP contribution in [-0.2, 0) is 24.0 Å². The Morgan fingerprint density at radius 2 is 0.726 bits per heavy atom. The second-order valence-electron chi connectivity index (χ2n) is 19.3. The number of carboxylic acids is 1. The summed E-state index contributed by atoms with van der Waals surface area (Å²) in [5.41, 5.74) is 34.7. The van der Waals surface area contributed by atoms with Gasteiger partial charge in [0.05, 0.1) is 49.6 Å². The van der Waals surface area contributed by atoms with Crippen molar-refractivity contribution in [3.8, 4) is 23.0 Å². The Hall–Kier alpha value is -8.89. The fraction of sp³-hybridized carbons (Fsp3) is 0.421. The van der Waals surface area contributed by atoms with E-state index in [4.69, 9.17) is 58.5 Å². The van der Waals surface area contributed by atoms with Crippen LogP contribution in [0.5, 0.6) is 23.0 Å². The Bertz CT molecular complexity index is 2930. The fourth-order valence-corrected chi connectivity index (χ4v) is 8.51. The quantitative estimate of drug-likeness (QED) is 0.0288. The van der Waals surface area contributed by atoms with Crippen molar-refractivity contribution in [3.05, 3.63) is 95.1 Å². The van der Waals surface area contributed by atoms with Crippen molar-refractivity contribution in [2.24, 2.45) is 34.4 Å². The topological polar surface area (TPSA) is 451 Å². The molecular weight excluding hydrogens is 1090 g/mol. The third-order valence-electron chi connectivity index (χ3n) is 13.0. The van der Waals surface area contributed by atoms with Crippen LogP contribution in [-0.4, -0.2) is 137 Å². The van der Waals surface area contributed by atoms with Crippen LogP contribution in [0.2, 0.25) is 0 Å². The summed E-state index contributed by atoms with van der Waals surface area (Å²) in [6.07, 6.45) is 4.99. The van der Waals surface area contributed by atoms with E-state index in [1.54, 1.807) is 6.07 Å². The molecule has 4 aromatic rings. The number of rotatable bonds is 37. The molecule has 20 N–H and O–H groups in total. The van der Waals surface area contributed by atoms with Crippen LogP contribution in [0.3, 0.4) is 0 Å². The van der Waals surface area contributed by atoms with Crippen LogP contribution >= 0.6 is 0 Å². The summed E-state index contributed by atoms with van der Waals surface area (Å²) in [6, 6.07) is 12.5. The number of ether oxygens (including phenoxy) is 4. The molecule has 0 spiro atoms. The summed E-state index contributed by atoms with van der Waals surface area (Å²) >= 11 is 0. The van der Waals surface area contributed by atoms with Gasteiger partial charge in [-0.3, -0.25) is 38.4 Å². The van der Waals surface area contributed by atoms with Gasteiger partial charge in [-0.25, -0.2) is 4.79 Å². The maximum atomic E-state index is 14.2. The number of carbonyl (C=O) groups is 9. The molecule has 0 heterocycles. The van der Waals surface area contributed by atoms with Gasteiger partial charge < -0.3 is 95.7 Å². The first-order chi connectivity index (χ1) is 40.3. The standard InChI is InChI=1S/C57H79N13O14/c1-81-45-20-16-34(64-54(77)41(62)12-4-8-24-58)29-38(45)51(74)69-43(14-6-10-26-60)56(79)66-36-18-22-47(83-3)40(31-36)53(76)70-44(15-7-11-27-61)57(80)67-35-17-21-46(82-2)39(30-35)52(75)68-42(13-5-9-25-59)55(78)65-33-19-23-48(84-32-49(71)72)37(28-33)50(63)73/h16-23,28-31,41-44H,4-15,24-27,32,58-62H2,1-3H3,(H2,63,73)(H,64,77)(H,65,78)(H,66,79)(H,67,80)(H,68,75)(H,69,74)(H,70,76)(H,71,72). The lowest BCUT2D eigenvalue weighted by Gasteiger charge is -2.22. The Kier molecular flexibility index (Phi) is 28.3. The third-order valence-corrected chi connectivity index (χ3v) is 13.0. The molecule has 0 aliphatic heterocycles. The van der Waals surface area contributed by atoms with Gasteiger partial charge in [0.25, 0.3) is 23.6 Å². The van der Waals surface area contributed by atoms with Crippen molar-refractivity contribution < 1.29 is 67.2 Å². The zero-order valence-electron chi connectivity index (χ0n) is 47.5. The molecule has 4 rings (SSSR count). The average molecular weight is 1170 g/mol. The number of nitrogens with two attached hydrogens (primary N) is 6. The molecule has 4 unspecified atom stereocenters. The molecule has 27 nitrogen and oxygen atoms in total. The number of methoxy groups -OCH3 is 3. The summed E-state index contributed by atoms with van der Waals surface area (Å²) in [5, 5.41) is 28.2. The normalized spacial score (nSPS) is 12.2. The Morgan fingerprint density at radius 3 is 1.02 bits per heavy atom. The molecule has 8 amide bonds. The summed E-state index contributed by atoms with van der Waals surface area (Å²) in [7, 11) is 4.02. The second-order valence-corrected chi connectivity index (χ2v) is 19.3. The summed E-state index contributed by atoms with van der Waals surface area (Å²) in [5.74, 6) is -6.73. The number of amides is 8. The Labute approximate surface area is 486 Å². The van der Waals surface area contributed by atoms with E-state index in [1.807, 2.05) is 0 Å². The summed E-state index contributed by atoms with van der Waals surface area (Å²) in [4.78, 5) is 120. The molecule has 0 saturated carbocycles.